The second-order valence-electron chi connectivity index (χ2n) is 8.43. The molecule has 0 aliphatic carbocycles. The van der Waals surface area contributed by atoms with Gasteiger partial charge in [-0.15, -0.1) is 0 Å². The molecule has 2 aromatic rings. The fraction of sp³-hybridized carbons (Fsp3) is 0.478. The van der Waals surface area contributed by atoms with Crippen LogP contribution in [0.15, 0.2) is 39.9 Å². The molecular formula is C23H30N4O5S. The fourth-order valence-corrected chi connectivity index (χ4v) is 5.92. The van der Waals surface area contributed by atoms with E-state index < -0.39 is 15.9 Å². The smallest absolute Gasteiger partial charge is 0.248 e. The number of amides is 1. The largest absolute Gasteiger partial charge is 0.378 e. The molecule has 178 valence electrons. The Morgan fingerprint density at radius 1 is 1.18 bits per heavy atom. The Morgan fingerprint density at radius 3 is 2.70 bits per heavy atom. The van der Waals surface area contributed by atoms with Gasteiger partial charge in [0.2, 0.25) is 15.9 Å². The van der Waals surface area contributed by atoms with Gasteiger partial charge in [0.15, 0.2) is 10.7 Å². The van der Waals surface area contributed by atoms with Gasteiger partial charge in [-0.1, -0.05) is 23.4 Å². The van der Waals surface area contributed by atoms with E-state index in [2.05, 4.69) is 10.5 Å². The van der Waals surface area contributed by atoms with Gasteiger partial charge in [-0.05, 0) is 38.3 Å². The van der Waals surface area contributed by atoms with Crippen molar-refractivity contribution in [1.29, 1.82) is 0 Å². The number of rotatable bonds is 6. The lowest BCUT2D eigenvalue weighted by Gasteiger charge is -2.31. The lowest BCUT2D eigenvalue weighted by atomic mass is 9.98. The van der Waals surface area contributed by atoms with Crippen LogP contribution in [0, 0.1) is 19.8 Å². The number of para-hydroxylation sites is 1. The fourth-order valence-electron chi connectivity index (χ4n) is 4.15. The Kier molecular flexibility index (Phi) is 7.16. The quantitative estimate of drug-likeness (QED) is 0.686. The molecule has 33 heavy (non-hydrogen) atoms. The Hall–Kier alpha value is -2.69. The summed E-state index contributed by atoms with van der Waals surface area (Å²) in [5, 5.41) is 6.85. The third-order valence-electron chi connectivity index (χ3n) is 6.07. The SMILES string of the molecule is Cc1ccccc1NC(=O)[C@@H]1CCCN(S(=O)(=O)c2c(C)noc2/C=C/N2CCOCC2)C1. The van der Waals surface area contributed by atoms with E-state index in [4.69, 9.17) is 9.26 Å². The van der Waals surface area contributed by atoms with Crippen LogP contribution in [0.3, 0.4) is 0 Å². The van der Waals surface area contributed by atoms with Crippen molar-refractivity contribution in [2.75, 3.05) is 44.7 Å². The Bertz CT molecular complexity index is 1120. The monoisotopic (exact) mass is 474 g/mol. The summed E-state index contributed by atoms with van der Waals surface area (Å²) in [6.07, 6.45) is 4.70. The number of benzene rings is 1. The molecule has 3 heterocycles. The van der Waals surface area contributed by atoms with Gasteiger partial charge >= 0.3 is 0 Å². The molecule has 0 bridgehead atoms. The summed E-state index contributed by atoms with van der Waals surface area (Å²) < 4.78 is 39.2. The molecule has 0 unspecified atom stereocenters. The van der Waals surface area contributed by atoms with Gasteiger partial charge in [0.25, 0.3) is 0 Å². The minimum absolute atomic E-state index is 0.0620. The molecule has 2 saturated heterocycles. The van der Waals surface area contributed by atoms with E-state index in [0.29, 0.717) is 38.3 Å². The summed E-state index contributed by atoms with van der Waals surface area (Å²) >= 11 is 0. The predicted molar refractivity (Wildman–Crippen MR) is 124 cm³/mol. The van der Waals surface area contributed by atoms with Crippen LogP contribution in [0.2, 0.25) is 0 Å². The number of aryl methyl sites for hydroxylation is 2. The molecule has 4 rings (SSSR count). The van der Waals surface area contributed by atoms with E-state index in [1.165, 1.54) is 4.31 Å². The van der Waals surface area contributed by atoms with Gasteiger partial charge in [0.05, 0.1) is 19.1 Å². The molecule has 0 saturated carbocycles. The number of carbonyl (C=O) groups is 1. The summed E-state index contributed by atoms with van der Waals surface area (Å²) in [5.41, 5.74) is 2.01. The first-order chi connectivity index (χ1) is 15.9. The molecule has 1 N–H and O–H groups in total. The highest BCUT2D eigenvalue weighted by Gasteiger charge is 2.37. The van der Waals surface area contributed by atoms with Gasteiger partial charge in [-0.3, -0.25) is 4.79 Å². The molecule has 1 aromatic heterocycles. The zero-order chi connectivity index (χ0) is 23.4. The molecule has 0 spiro atoms. The van der Waals surface area contributed by atoms with Gasteiger partial charge in [-0.25, -0.2) is 8.42 Å². The molecule has 2 fully saturated rings. The van der Waals surface area contributed by atoms with Crippen LogP contribution >= 0.6 is 0 Å². The number of carbonyl (C=O) groups excluding carboxylic acids is 1. The minimum atomic E-state index is -3.88. The maximum absolute atomic E-state index is 13.5. The molecule has 2 aliphatic rings. The molecule has 1 amide bonds. The summed E-state index contributed by atoms with van der Waals surface area (Å²) in [6, 6.07) is 7.54. The van der Waals surface area contributed by atoms with Gasteiger partial charge in [-0.2, -0.15) is 4.31 Å². The first kappa shape index (κ1) is 23.5. The first-order valence-corrected chi connectivity index (χ1v) is 12.6. The highest BCUT2D eigenvalue weighted by Crippen LogP contribution is 2.29. The van der Waals surface area contributed by atoms with Crippen molar-refractivity contribution < 1.29 is 22.5 Å². The Labute approximate surface area is 194 Å². The number of nitrogens with one attached hydrogen (secondary N) is 1. The van der Waals surface area contributed by atoms with Crippen LogP contribution in [0.4, 0.5) is 5.69 Å². The lowest BCUT2D eigenvalue weighted by molar-refractivity contribution is -0.120. The number of piperidine rings is 1. The zero-order valence-corrected chi connectivity index (χ0v) is 19.8. The first-order valence-electron chi connectivity index (χ1n) is 11.2. The van der Waals surface area contributed by atoms with E-state index >= 15 is 0 Å². The molecule has 9 nitrogen and oxygen atoms in total. The molecular weight excluding hydrogens is 444 g/mol. The normalized spacial score (nSPS) is 20.3. The van der Waals surface area contributed by atoms with Crippen molar-refractivity contribution in [2.45, 2.75) is 31.6 Å². The van der Waals surface area contributed by atoms with Gasteiger partial charge in [0, 0.05) is 44.1 Å². The summed E-state index contributed by atoms with van der Waals surface area (Å²) in [6.45, 7) is 6.74. The number of sulfonamides is 1. The van der Waals surface area contributed by atoms with Crippen LogP contribution in [0.5, 0.6) is 0 Å². The summed E-state index contributed by atoms with van der Waals surface area (Å²) in [4.78, 5) is 15.0. The van der Waals surface area contributed by atoms with E-state index in [0.717, 1.165) is 24.3 Å². The van der Waals surface area contributed by atoms with Crippen LogP contribution in [-0.4, -0.2) is 68.1 Å². The average Bonchev–Trinajstić information content (AvgIpc) is 3.21. The molecule has 1 atom stereocenters. The zero-order valence-electron chi connectivity index (χ0n) is 19.0. The van der Waals surface area contributed by atoms with Crippen LogP contribution in [-0.2, 0) is 19.6 Å². The van der Waals surface area contributed by atoms with E-state index in [1.807, 2.05) is 42.3 Å². The maximum atomic E-state index is 13.5. The predicted octanol–water partition coefficient (Wildman–Crippen LogP) is 2.63. The lowest BCUT2D eigenvalue weighted by Crippen LogP contribution is -2.44. The topological polar surface area (TPSA) is 105 Å². The van der Waals surface area contributed by atoms with Crippen LogP contribution in [0.1, 0.15) is 29.9 Å². The third kappa shape index (κ3) is 5.29. The third-order valence-corrected chi connectivity index (χ3v) is 8.10. The number of aromatic nitrogens is 1. The van der Waals surface area contributed by atoms with Crippen molar-refractivity contribution in [2.24, 2.45) is 5.92 Å². The van der Waals surface area contributed by atoms with Crippen molar-refractivity contribution in [3.8, 4) is 0 Å². The standard InChI is InChI=1S/C23H30N4O5S/c1-17-6-3-4-8-20(17)24-23(28)19-7-5-10-27(16-19)33(29,30)22-18(2)25-32-21(22)9-11-26-12-14-31-15-13-26/h3-4,6,8-9,11,19H,5,7,10,12-16H2,1-2H3,(H,24,28)/b11-9+/t19-/m1/s1. The van der Waals surface area contributed by atoms with Crippen molar-refractivity contribution in [1.82, 2.24) is 14.4 Å². The van der Waals surface area contributed by atoms with Gasteiger partial charge in [0.1, 0.15) is 5.69 Å². The number of hydrogen-bond donors (Lipinski definition) is 1. The number of anilines is 1. The van der Waals surface area contributed by atoms with Crippen molar-refractivity contribution in [3.63, 3.8) is 0 Å². The second-order valence-corrected chi connectivity index (χ2v) is 10.3. The highest BCUT2D eigenvalue weighted by molar-refractivity contribution is 7.89. The minimum Gasteiger partial charge on any atom is -0.378 e. The number of morpholine rings is 1. The molecule has 2 aliphatic heterocycles. The molecule has 0 radical (unpaired) electrons. The highest BCUT2D eigenvalue weighted by atomic mass is 32.2. The second kappa shape index (κ2) is 10.1. The maximum Gasteiger partial charge on any atom is 0.248 e. The Balaban J connectivity index is 1.50. The van der Waals surface area contributed by atoms with Crippen molar-refractivity contribution in [3.05, 3.63) is 47.5 Å². The summed E-state index contributed by atoms with van der Waals surface area (Å²) in [7, 11) is -3.88. The number of ether oxygens (including phenoxy) is 1. The van der Waals surface area contributed by atoms with E-state index in [-0.39, 0.29) is 23.1 Å². The van der Waals surface area contributed by atoms with E-state index in [1.54, 1.807) is 13.0 Å². The Morgan fingerprint density at radius 2 is 1.94 bits per heavy atom. The molecule has 10 heteroatoms. The molecule has 1 aromatic carbocycles. The van der Waals surface area contributed by atoms with Crippen molar-refractivity contribution >= 4 is 27.7 Å². The summed E-state index contributed by atoms with van der Waals surface area (Å²) in [5.74, 6) is -0.398. The number of hydrogen-bond acceptors (Lipinski definition) is 7. The van der Waals surface area contributed by atoms with E-state index in [9.17, 15) is 13.2 Å². The van der Waals surface area contributed by atoms with Crippen LogP contribution in [0.25, 0.3) is 6.08 Å². The average molecular weight is 475 g/mol. The van der Waals surface area contributed by atoms with Gasteiger partial charge < -0.3 is 19.5 Å². The number of nitrogens with zero attached hydrogens (tertiary/aromatic N) is 3. The van der Waals surface area contributed by atoms with Crippen LogP contribution < -0.4 is 5.32 Å².